The van der Waals surface area contributed by atoms with Crippen molar-refractivity contribution in [2.24, 2.45) is 0 Å². The molecule has 6 heteroatoms. The van der Waals surface area contributed by atoms with Gasteiger partial charge in [-0.2, -0.15) is 11.8 Å². The fourth-order valence-electron chi connectivity index (χ4n) is 2.18. The van der Waals surface area contributed by atoms with Gasteiger partial charge in [-0.25, -0.2) is 4.79 Å². The van der Waals surface area contributed by atoms with Crippen LogP contribution >= 0.6 is 11.8 Å². The maximum absolute atomic E-state index is 10.9. The summed E-state index contributed by atoms with van der Waals surface area (Å²) in [4.78, 5) is 10.9. The van der Waals surface area contributed by atoms with E-state index in [1.54, 1.807) is 12.1 Å². The van der Waals surface area contributed by atoms with E-state index >= 15 is 0 Å². The number of carboxylic acid groups (broad SMARTS) is 1. The molecule has 1 heterocycles. The molecule has 1 aromatic rings. The van der Waals surface area contributed by atoms with Crippen molar-refractivity contribution < 1.29 is 24.5 Å². The standard InChI is InChI=1S/C14H18O5S/c1-18-13-10(12(15)14(16)17)5-2-6-11(13)19-9-4-3-7-20-8-9/h2,5-6,9,12,15H,3-4,7-8H2,1H3,(H,16,17). The molecule has 0 saturated carbocycles. The van der Waals surface area contributed by atoms with E-state index in [0.717, 1.165) is 24.3 Å². The van der Waals surface area contributed by atoms with Crippen LogP contribution in [-0.4, -0.2) is 40.9 Å². The molecule has 0 spiro atoms. The average molecular weight is 298 g/mol. The zero-order valence-corrected chi connectivity index (χ0v) is 12.1. The molecule has 1 aliphatic rings. The van der Waals surface area contributed by atoms with Crippen LogP contribution < -0.4 is 9.47 Å². The molecule has 2 unspecified atom stereocenters. The molecular weight excluding hydrogens is 280 g/mol. The van der Waals surface area contributed by atoms with E-state index < -0.39 is 12.1 Å². The Morgan fingerprint density at radius 1 is 1.50 bits per heavy atom. The number of carbonyl (C=O) groups is 1. The Morgan fingerprint density at radius 3 is 2.90 bits per heavy atom. The Hall–Kier alpha value is -1.40. The van der Waals surface area contributed by atoms with Crippen LogP contribution in [0.25, 0.3) is 0 Å². The lowest BCUT2D eigenvalue weighted by molar-refractivity contribution is -0.147. The second kappa shape index (κ2) is 6.85. The number of methoxy groups -OCH3 is 1. The summed E-state index contributed by atoms with van der Waals surface area (Å²) in [5.74, 6) is 1.52. The van der Waals surface area contributed by atoms with E-state index in [2.05, 4.69) is 0 Å². The number of hydrogen-bond acceptors (Lipinski definition) is 5. The van der Waals surface area contributed by atoms with E-state index in [0.29, 0.717) is 5.75 Å². The van der Waals surface area contributed by atoms with Crippen molar-refractivity contribution in [1.82, 2.24) is 0 Å². The monoisotopic (exact) mass is 298 g/mol. The van der Waals surface area contributed by atoms with Crippen molar-refractivity contribution in [3.05, 3.63) is 23.8 Å². The Bertz CT molecular complexity index is 471. The summed E-state index contributed by atoms with van der Waals surface area (Å²) in [5, 5.41) is 18.6. The highest BCUT2D eigenvalue weighted by molar-refractivity contribution is 7.99. The van der Waals surface area contributed by atoms with Crippen molar-refractivity contribution in [2.45, 2.75) is 25.0 Å². The maximum Gasteiger partial charge on any atom is 0.337 e. The van der Waals surface area contributed by atoms with Gasteiger partial charge in [0.15, 0.2) is 17.6 Å². The Labute approximate surface area is 121 Å². The molecule has 2 rings (SSSR count). The van der Waals surface area contributed by atoms with Crippen molar-refractivity contribution >= 4 is 17.7 Å². The van der Waals surface area contributed by atoms with Crippen LogP contribution in [0.4, 0.5) is 0 Å². The highest BCUT2D eigenvalue weighted by atomic mass is 32.2. The third kappa shape index (κ3) is 3.37. The first-order valence-electron chi connectivity index (χ1n) is 6.45. The van der Waals surface area contributed by atoms with Crippen LogP contribution in [0.5, 0.6) is 11.5 Å². The van der Waals surface area contributed by atoms with Gasteiger partial charge in [-0.15, -0.1) is 0 Å². The molecule has 0 aliphatic carbocycles. The quantitative estimate of drug-likeness (QED) is 0.867. The molecule has 5 nitrogen and oxygen atoms in total. The minimum Gasteiger partial charge on any atom is -0.492 e. The van der Waals surface area contributed by atoms with Crippen molar-refractivity contribution in [3.63, 3.8) is 0 Å². The van der Waals surface area contributed by atoms with E-state index in [-0.39, 0.29) is 17.4 Å². The van der Waals surface area contributed by atoms with Crippen molar-refractivity contribution in [2.75, 3.05) is 18.6 Å². The summed E-state index contributed by atoms with van der Waals surface area (Å²) in [5.41, 5.74) is 0.209. The van der Waals surface area contributed by atoms with Gasteiger partial charge in [-0.1, -0.05) is 12.1 Å². The molecule has 1 aromatic carbocycles. The predicted molar refractivity (Wildman–Crippen MR) is 76.6 cm³/mol. The van der Waals surface area contributed by atoms with Gasteiger partial charge < -0.3 is 19.7 Å². The summed E-state index contributed by atoms with van der Waals surface area (Å²) in [6, 6.07) is 4.92. The predicted octanol–water partition coefficient (Wildman–Crippen LogP) is 2.09. The molecule has 0 radical (unpaired) electrons. The summed E-state index contributed by atoms with van der Waals surface area (Å²) >= 11 is 1.84. The minimum absolute atomic E-state index is 0.0971. The minimum atomic E-state index is -1.62. The fraction of sp³-hybridized carbons (Fsp3) is 0.500. The summed E-state index contributed by atoms with van der Waals surface area (Å²) in [7, 11) is 1.44. The van der Waals surface area contributed by atoms with Crippen LogP contribution in [0.2, 0.25) is 0 Å². The largest absolute Gasteiger partial charge is 0.492 e. The number of aliphatic carboxylic acids is 1. The van der Waals surface area contributed by atoms with Gasteiger partial charge in [0, 0.05) is 11.3 Å². The first-order chi connectivity index (χ1) is 9.63. The Kier molecular flexibility index (Phi) is 5.14. The number of benzene rings is 1. The maximum atomic E-state index is 10.9. The zero-order chi connectivity index (χ0) is 14.5. The molecule has 1 aliphatic heterocycles. The molecule has 2 N–H and O–H groups in total. The third-order valence-corrected chi connectivity index (χ3v) is 4.34. The lowest BCUT2D eigenvalue weighted by Crippen LogP contribution is -2.23. The number of aliphatic hydroxyl groups is 1. The average Bonchev–Trinajstić information content (AvgIpc) is 2.47. The van der Waals surface area contributed by atoms with E-state index in [9.17, 15) is 9.90 Å². The number of carboxylic acids is 1. The van der Waals surface area contributed by atoms with Crippen LogP contribution in [0.15, 0.2) is 18.2 Å². The number of rotatable bonds is 5. The number of ether oxygens (including phenoxy) is 2. The molecule has 110 valence electrons. The Morgan fingerprint density at radius 2 is 2.30 bits per heavy atom. The summed E-state index contributed by atoms with van der Waals surface area (Å²) in [6.45, 7) is 0. The third-order valence-electron chi connectivity index (χ3n) is 3.15. The molecule has 0 aromatic heterocycles. The molecule has 1 saturated heterocycles. The van der Waals surface area contributed by atoms with Crippen LogP contribution in [0.3, 0.4) is 0 Å². The smallest absolute Gasteiger partial charge is 0.337 e. The molecule has 0 bridgehead atoms. The van der Waals surface area contributed by atoms with Gasteiger partial charge in [-0.3, -0.25) is 0 Å². The number of hydrogen-bond donors (Lipinski definition) is 2. The van der Waals surface area contributed by atoms with Crippen LogP contribution in [0, 0.1) is 0 Å². The normalized spacial score (nSPS) is 20.2. The Balaban J connectivity index is 2.23. The van der Waals surface area contributed by atoms with E-state index in [1.165, 1.54) is 13.2 Å². The number of thioether (sulfide) groups is 1. The SMILES string of the molecule is COc1c(OC2CCCSC2)cccc1C(O)C(=O)O. The van der Waals surface area contributed by atoms with Gasteiger partial charge in [0.05, 0.1) is 7.11 Å². The number of para-hydroxylation sites is 1. The molecular formula is C14H18O5S. The van der Waals surface area contributed by atoms with Crippen molar-refractivity contribution in [1.29, 1.82) is 0 Å². The molecule has 0 amide bonds. The lowest BCUT2D eigenvalue weighted by Gasteiger charge is -2.24. The van der Waals surface area contributed by atoms with Gasteiger partial charge in [-0.05, 0) is 24.7 Å². The van der Waals surface area contributed by atoms with Crippen LogP contribution in [-0.2, 0) is 4.79 Å². The highest BCUT2D eigenvalue weighted by Gasteiger charge is 2.24. The lowest BCUT2D eigenvalue weighted by atomic mass is 10.1. The van der Waals surface area contributed by atoms with Crippen LogP contribution in [0.1, 0.15) is 24.5 Å². The van der Waals surface area contributed by atoms with Gasteiger partial charge >= 0.3 is 5.97 Å². The molecule has 20 heavy (non-hydrogen) atoms. The fourth-order valence-corrected chi connectivity index (χ4v) is 3.21. The second-order valence-electron chi connectivity index (χ2n) is 4.58. The zero-order valence-electron chi connectivity index (χ0n) is 11.2. The first kappa shape index (κ1) is 15.0. The summed E-state index contributed by atoms with van der Waals surface area (Å²) < 4.78 is 11.1. The van der Waals surface area contributed by atoms with E-state index in [1.807, 2.05) is 11.8 Å². The second-order valence-corrected chi connectivity index (χ2v) is 5.73. The van der Waals surface area contributed by atoms with Gasteiger partial charge in [0.2, 0.25) is 0 Å². The highest BCUT2D eigenvalue weighted by Crippen LogP contribution is 2.36. The molecule has 1 fully saturated rings. The summed E-state index contributed by atoms with van der Waals surface area (Å²) in [6.07, 6.45) is 0.561. The topological polar surface area (TPSA) is 76.0 Å². The van der Waals surface area contributed by atoms with Gasteiger partial charge in [0.25, 0.3) is 0 Å². The van der Waals surface area contributed by atoms with Crippen molar-refractivity contribution in [3.8, 4) is 11.5 Å². The number of aliphatic hydroxyl groups excluding tert-OH is 1. The van der Waals surface area contributed by atoms with Gasteiger partial charge in [0.1, 0.15) is 6.10 Å². The van der Waals surface area contributed by atoms with E-state index in [4.69, 9.17) is 14.6 Å². The first-order valence-corrected chi connectivity index (χ1v) is 7.61. The molecule has 2 atom stereocenters.